The van der Waals surface area contributed by atoms with Gasteiger partial charge in [0.2, 0.25) is 0 Å². The minimum Gasteiger partial charge on any atom is -0.486 e. The third-order valence-electron chi connectivity index (χ3n) is 4.91. The fourth-order valence-corrected chi connectivity index (χ4v) is 3.60. The second-order valence-corrected chi connectivity index (χ2v) is 7.65. The summed E-state index contributed by atoms with van der Waals surface area (Å²) in [5.41, 5.74) is 2.06. The maximum absolute atomic E-state index is 12.7. The highest BCUT2D eigenvalue weighted by atomic mass is 35.5. The van der Waals surface area contributed by atoms with Crippen LogP contribution >= 0.6 is 11.6 Å². The van der Waals surface area contributed by atoms with E-state index in [9.17, 15) is 9.59 Å². The van der Waals surface area contributed by atoms with E-state index in [-0.39, 0.29) is 10.7 Å². The minimum absolute atomic E-state index is 0.140. The maximum atomic E-state index is 12.7. The molecular formula is C23H22ClN3O5. The van der Waals surface area contributed by atoms with E-state index in [1.54, 1.807) is 25.1 Å². The number of anilines is 1. The number of amides is 1. The quantitative estimate of drug-likeness (QED) is 0.568. The van der Waals surface area contributed by atoms with Gasteiger partial charge in [0.1, 0.15) is 23.9 Å². The average Bonchev–Trinajstić information content (AvgIpc) is 3.07. The highest BCUT2D eigenvalue weighted by molar-refractivity contribution is 6.32. The van der Waals surface area contributed by atoms with Crippen LogP contribution in [0.15, 0.2) is 48.5 Å². The number of esters is 1. The number of aryl methyl sites for hydroxylation is 1. The zero-order valence-electron chi connectivity index (χ0n) is 17.6. The molecule has 0 fully saturated rings. The molecule has 0 radical (unpaired) electrons. The number of nitrogens with zero attached hydrogens (tertiary/aromatic N) is 2. The summed E-state index contributed by atoms with van der Waals surface area (Å²) in [5.74, 6) is -0.0320. The van der Waals surface area contributed by atoms with Crippen LogP contribution in [0.3, 0.4) is 0 Å². The van der Waals surface area contributed by atoms with Gasteiger partial charge in [-0.3, -0.25) is 4.79 Å². The van der Waals surface area contributed by atoms with Crippen molar-refractivity contribution in [3.63, 3.8) is 0 Å². The number of ether oxygens (including phenoxy) is 3. The molecule has 0 bridgehead atoms. The summed E-state index contributed by atoms with van der Waals surface area (Å²) in [6.45, 7) is 4.49. The number of carbonyl (C=O) groups excluding carboxylic acids is 2. The molecule has 0 saturated carbocycles. The highest BCUT2D eigenvalue weighted by Gasteiger charge is 2.26. The molecule has 166 valence electrons. The molecular weight excluding hydrogens is 434 g/mol. The number of benzene rings is 2. The number of nitrogens with one attached hydrogen (secondary N) is 1. The summed E-state index contributed by atoms with van der Waals surface area (Å²) in [4.78, 5) is 25.3. The number of fused-ring (bicyclic) bond motifs is 1. The van der Waals surface area contributed by atoms with Gasteiger partial charge in [0.25, 0.3) is 5.91 Å². The summed E-state index contributed by atoms with van der Waals surface area (Å²) < 4.78 is 17.9. The SMILES string of the molecule is Cc1nn(Cc2ccccc2)c(Cl)c1C(=O)O[C@H](C)C(=O)Nc1ccc2c(c1)OCCO2. The Hall–Kier alpha value is -3.52. The molecule has 0 unspecified atom stereocenters. The van der Waals surface area contributed by atoms with Crippen molar-refractivity contribution in [2.45, 2.75) is 26.5 Å². The van der Waals surface area contributed by atoms with E-state index < -0.39 is 18.0 Å². The zero-order chi connectivity index (χ0) is 22.7. The lowest BCUT2D eigenvalue weighted by Crippen LogP contribution is -2.30. The third kappa shape index (κ3) is 4.70. The first kappa shape index (κ1) is 21.7. The molecule has 0 spiro atoms. The molecule has 0 aliphatic carbocycles. The summed E-state index contributed by atoms with van der Waals surface area (Å²) in [5, 5.41) is 7.22. The van der Waals surface area contributed by atoms with E-state index in [0.717, 1.165) is 5.56 Å². The van der Waals surface area contributed by atoms with Crippen LogP contribution < -0.4 is 14.8 Å². The Bertz CT molecular complexity index is 1150. The van der Waals surface area contributed by atoms with Gasteiger partial charge < -0.3 is 19.5 Å². The second kappa shape index (κ2) is 9.32. The molecule has 1 N–H and O–H groups in total. The van der Waals surface area contributed by atoms with E-state index in [1.165, 1.54) is 11.6 Å². The molecule has 1 aliphatic rings. The van der Waals surface area contributed by atoms with Crippen LogP contribution in [-0.4, -0.2) is 41.0 Å². The molecule has 1 amide bonds. The van der Waals surface area contributed by atoms with Gasteiger partial charge in [0, 0.05) is 11.8 Å². The predicted octanol–water partition coefficient (Wildman–Crippen LogP) is 3.85. The van der Waals surface area contributed by atoms with Gasteiger partial charge in [0.05, 0.1) is 12.2 Å². The Kier molecular flexibility index (Phi) is 6.32. The molecule has 2 heterocycles. The number of hydrogen-bond acceptors (Lipinski definition) is 6. The van der Waals surface area contributed by atoms with Crippen LogP contribution in [0.1, 0.15) is 28.5 Å². The van der Waals surface area contributed by atoms with Crippen LogP contribution in [0.5, 0.6) is 11.5 Å². The number of aromatic nitrogens is 2. The van der Waals surface area contributed by atoms with E-state index in [2.05, 4.69) is 10.4 Å². The third-order valence-corrected chi connectivity index (χ3v) is 5.29. The Balaban J connectivity index is 1.41. The lowest BCUT2D eigenvalue weighted by atomic mass is 10.2. The first-order valence-corrected chi connectivity index (χ1v) is 10.5. The molecule has 32 heavy (non-hydrogen) atoms. The standard InChI is InChI=1S/C23H22ClN3O5/c1-14-20(21(24)27(26-14)13-16-6-4-3-5-7-16)23(29)32-15(2)22(28)25-17-8-9-18-19(12-17)31-11-10-30-18/h3-9,12,15H,10-11,13H2,1-2H3,(H,25,28)/t15-/m1/s1. The zero-order valence-corrected chi connectivity index (χ0v) is 18.4. The normalized spacial score (nSPS) is 13.3. The number of hydrogen-bond donors (Lipinski definition) is 1. The highest BCUT2D eigenvalue weighted by Crippen LogP contribution is 2.32. The lowest BCUT2D eigenvalue weighted by Gasteiger charge is -2.19. The molecule has 8 nitrogen and oxygen atoms in total. The monoisotopic (exact) mass is 455 g/mol. The van der Waals surface area contributed by atoms with Crippen LogP contribution in [0.25, 0.3) is 0 Å². The minimum atomic E-state index is -1.05. The largest absolute Gasteiger partial charge is 0.486 e. The molecule has 9 heteroatoms. The molecule has 1 atom stereocenters. The van der Waals surface area contributed by atoms with Crippen molar-refractivity contribution in [2.75, 3.05) is 18.5 Å². The van der Waals surface area contributed by atoms with Crippen LogP contribution in [0.2, 0.25) is 5.15 Å². The fraction of sp³-hybridized carbons (Fsp3) is 0.261. The number of halogens is 1. The van der Waals surface area contributed by atoms with Crippen molar-refractivity contribution in [3.8, 4) is 11.5 Å². The second-order valence-electron chi connectivity index (χ2n) is 7.29. The summed E-state index contributed by atoms with van der Waals surface area (Å²) in [6.07, 6.45) is -1.05. The molecule has 4 rings (SSSR count). The van der Waals surface area contributed by atoms with Crippen LogP contribution in [-0.2, 0) is 16.1 Å². The van der Waals surface area contributed by atoms with E-state index in [4.69, 9.17) is 25.8 Å². The lowest BCUT2D eigenvalue weighted by molar-refractivity contribution is -0.123. The Morgan fingerprint density at radius 3 is 2.62 bits per heavy atom. The molecule has 0 saturated heterocycles. The van der Waals surface area contributed by atoms with E-state index in [1.807, 2.05) is 30.3 Å². The number of carbonyl (C=O) groups is 2. The summed E-state index contributed by atoms with van der Waals surface area (Å²) >= 11 is 6.41. The van der Waals surface area contributed by atoms with Gasteiger partial charge in [-0.15, -0.1) is 0 Å². The smallest absolute Gasteiger partial charge is 0.343 e. The predicted molar refractivity (Wildman–Crippen MR) is 118 cm³/mol. The molecule has 1 aromatic heterocycles. The molecule has 3 aromatic rings. The van der Waals surface area contributed by atoms with Crippen LogP contribution in [0, 0.1) is 6.92 Å². The topological polar surface area (TPSA) is 91.7 Å². The van der Waals surface area contributed by atoms with E-state index in [0.29, 0.717) is 42.6 Å². The van der Waals surface area contributed by atoms with Gasteiger partial charge in [-0.2, -0.15) is 5.10 Å². The first-order valence-electron chi connectivity index (χ1n) is 10.1. The van der Waals surface area contributed by atoms with Crippen molar-refractivity contribution < 1.29 is 23.8 Å². The average molecular weight is 456 g/mol. The summed E-state index contributed by atoms with van der Waals surface area (Å²) in [6, 6.07) is 14.7. The van der Waals surface area contributed by atoms with E-state index >= 15 is 0 Å². The van der Waals surface area contributed by atoms with Crippen molar-refractivity contribution in [1.82, 2.24) is 9.78 Å². The molecule has 1 aliphatic heterocycles. The van der Waals surface area contributed by atoms with Crippen molar-refractivity contribution in [1.29, 1.82) is 0 Å². The Morgan fingerprint density at radius 2 is 1.88 bits per heavy atom. The van der Waals surface area contributed by atoms with Crippen molar-refractivity contribution >= 4 is 29.2 Å². The fourth-order valence-electron chi connectivity index (χ4n) is 3.28. The van der Waals surface area contributed by atoms with Gasteiger partial charge >= 0.3 is 5.97 Å². The number of rotatable bonds is 6. The van der Waals surface area contributed by atoms with Crippen LogP contribution in [0.4, 0.5) is 5.69 Å². The first-order chi connectivity index (χ1) is 15.4. The van der Waals surface area contributed by atoms with Gasteiger partial charge in [-0.05, 0) is 31.5 Å². The molecule has 2 aromatic carbocycles. The summed E-state index contributed by atoms with van der Waals surface area (Å²) in [7, 11) is 0. The Labute approximate surface area is 190 Å². The Morgan fingerprint density at radius 1 is 1.16 bits per heavy atom. The van der Waals surface area contributed by atoms with Gasteiger partial charge in [0.15, 0.2) is 17.6 Å². The van der Waals surface area contributed by atoms with Gasteiger partial charge in [-0.25, -0.2) is 9.48 Å². The van der Waals surface area contributed by atoms with Gasteiger partial charge in [-0.1, -0.05) is 41.9 Å². The van der Waals surface area contributed by atoms with Crippen molar-refractivity contribution in [2.24, 2.45) is 0 Å². The maximum Gasteiger partial charge on any atom is 0.343 e. The van der Waals surface area contributed by atoms with Crippen molar-refractivity contribution in [3.05, 3.63) is 70.5 Å².